The molecule has 0 saturated carbocycles. The van der Waals surface area contributed by atoms with E-state index in [0.29, 0.717) is 27.8 Å². The minimum absolute atomic E-state index is 0.0146. The first-order valence-electron chi connectivity index (χ1n) is 7.95. The Bertz CT molecular complexity index is 891. The lowest BCUT2D eigenvalue weighted by Gasteiger charge is -2.06. The molecule has 0 bridgehead atoms. The number of amides is 1. The topological polar surface area (TPSA) is 55.4 Å². The lowest BCUT2D eigenvalue weighted by molar-refractivity contribution is -0.123. The molecule has 6 heteroatoms. The van der Waals surface area contributed by atoms with Crippen LogP contribution in [0.15, 0.2) is 66.7 Å². The number of hydrogen-bond acceptors (Lipinski definition) is 4. The van der Waals surface area contributed by atoms with Crippen molar-refractivity contribution in [3.05, 3.63) is 87.1 Å². The first-order valence-corrected chi connectivity index (χ1v) is 9.15. The molecule has 26 heavy (non-hydrogen) atoms. The zero-order valence-corrected chi connectivity index (χ0v) is 15.3. The number of carbonyl (C=O) groups excluding carboxylic acids is 2. The molecule has 0 fully saturated rings. The second-order valence-corrected chi connectivity index (χ2v) is 7.09. The van der Waals surface area contributed by atoms with Crippen LogP contribution in [0, 0.1) is 0 Å². The van der Waals surface area contributed by atoms with Crippen molar-refractivity contribution in [1.82, 2.24) is 5.32 Å². The molecule has 0 radical (unpaired) electrons. The minimum atomic E-state index is -0.232. The normalized spacial score (nSPS) is 10.3. The Balaban J connectivity index is 1.49. The number of benzene rings is 2. The summed E-state index contributed by atoms with van der Waals surface area (Å²) >= 11 is 7.17. The van der Waals surface area contributed by atoms with Crippen molar-refractivity contribution in [2.45, 2.75) is 6.54 Å². The molecule has 0 atom stereocenters. The Hall–Kier alpha value is -2.63. The first-order chi connectivity index (χ1) is 12.6. The number of carbonyl (C=O) groups is 2. The van der Waals surface area contributed by atoms with Crippen molar-refractivity contribution in [2.75, 3.05) is 6.61 Å². The van der Waals surface area contributed by atoms with E-state index >= 15 is 0 Å². The van der Waals surface area contributed by atoms with Gasteiger partial charge in [-0.1, -0.05) is 41.9 Å². The molecule has 1 heterocycles. The van der Waals surface area contributed by atoms with Crippen LogP contribution in [0.4, 0.5) is 0 Å². The lowest BCUT2D eigenvalue weighted by Crippen LogP contribution is -2.28. The van der Waals surface area contributed by atoms with Crippen molar-refractivity contribution >= 4 is 34.6 Å². The highest BCUT2D eigenvalue weighted by molar-refractivity contribution is 7.14. The second kappa shape index (κ2) is 8.65. The van der Waals surface area contributed by atoms with Gasteiger partial charge in [-0.2, -0.15) is 0 Å². The molecule has 0 aliphatic heterocycles. The van der Waals surface area contributed by atoms with Crippen LogP contribution in [0.2, 0.25) is 5.02 Å². The highest BCUT2D eigenvalue weighted by atomic mass is 35.5. The summed E-state index contributed by atoms with van der Waals surface area (Å²) in [4.78, 5) is 25.8. The first kappa shape index (κ1) is 18.2. The van der Waals surface area contributed by atoms with Crippen LogP contribution in [0.1, 0.15) is 20.1 Å². The highest BCUT2D eigenvalue weighted by Gasteiger charge is 2.12. The number of nitrogens with one attached hydrogen (secondary N) is 1. The van der Waals surface area contributed by atoms with Crippen LogP contribution in [0.3, 0.4) is 0 Å². The number of thiophene rings is 1. The van der Waals surface area contributed by atoms with Gasteiger partial charge in [0, 0.05) is 15.5 Å². The van der Waals surface area contributed by atoms with E-state index in [1.54, 1.807) is 42.5 Å². The molecular formula is C20H16ClNO3S. The summed E-state index contributed by atoms with van der Waals surface area (Å²) in [5.74, 6) is 0.333. The maximum Gasteiger partial charge on any atom is 0.258 e. The van der Waals surface area contributed by atoms with Gasteiger partial charge in [0.2, 0.25) is 5.78 Å². The van der Waals surface area contributed by atoms with Gasteiger partial charge >= 0.3 is 0 Å². The third-order valence-electron chi connectivity index (χ3n) is 3.56. The minimum Gasteiger partial charge on any atom is -0.484 e. The molecule has 3 rings (SSSR count). The molecule has 0 aliphatic rings. The monoisotopic (exact) mass is 385 g/mol. The Morgan fingerprint density at radius 2 is 1.69 bits per heavy atom. The summed E-state index contributed by atoms with van der Waals surface area (Å²) in [5.41, 5.74) is 0.654. The maximum absolute atomic E-state index is 12.4. The van der Waals surface area contributed by atoms with Crippen LogP contribution in [-0.4, -0.2) is 18.3 Å². The molecule has 2 aromatic carbocycles. The summed E-state index contributed by atoms with van der Waals surface area (Å²) in [6.07, 6.45) is 0. The fraction of sp³-hybridized carbons (Fsp3) is 0.100. The van der Waals surface area contributed by atoms with Crippen LogP contribution < -0.4 is 10.1 Å². The average Bonchev–Trinajstić information content (AvgIpc) is 3.15. The van der Waals surface area contributed by atoms with Crippen molar-refractivity contribution in [1.29, 1.82) is 0 Å². The number of hydrogen-bond donors (Lipinski definition) is 1. The smallest absolute Gasteiger partial charge is 0.258 e. The molecule has 0 unspecified atom stereocenters. The standard InChI is InChI=1S/C20H16ClNO3S/c21-15-6-8-16(9-7-15)25-13-19(23)22-12-17-10-11-18(26-17)20(24)14-4-2-1-3-5-14/h1-11H,12-13H2,(H,22,23). The van der Waals surface area contributed by atoms with Gasteiger partial charge in [-0.3, -0.25) is 9.59 Å². The van der Waals surface area contributed by atoms with Crippen molar-refractivity contribution in [3.63, 3.8) is 0 Å². The molecule has 1 amide bonds. The van der Waals surface area contributed by atoms with Gasteiger partial charge in [0.05, 0.1) is 11.4 Å². The summed E-state index contributed by atoms with van der Waals surface area (Å²) in [6.45, 7) is 0.276. The number of rotatable bonds is 7. The molecule has 132 valence electrons. The van der Waals surface area contributed by atoms with Gasteiger partial charge in [0.15, 0.2) is 6.61 Å². The molecule has 0 aliphatic carbocycles. The van der Waals surface area contributed by atoms with E-state index in [1.165, 1.54) is 11.3 Å². The fourth-order valence-corrected chi connectivity index (χ4v) is 3.28. The van der Waals surface area contributed by atoms with Gasteiger partial charge in [0.25, 0.3) is 5.91 Å². The predicted octanol–water partition coefficient (Wildman–Crippen LogP) is 4.33. The SMILES string of the molecule is O=C(COc1ccc(Cl)cc1)NCc1ccc(C(=O)c2ccccc2)s1. The fourth-order valence-electron chi connectivity index (χ4n) is 2.24. The van der Waals surface area contributed by atoms with Gasteiger partial charge in [0.1, 0.15) is 5.75 Å². The van der Waals surface area contributed by atoms with Crippen molar-refractivity contribution in [2.24, 2.45) is 0 Å². The Morgan fingerprint density at radius 3 is 2.42 bits per heavy atom. The van der Waals surface area contributed by atoms with Gasteiger partial charge in [-0.05, 0) is 36.4 Å². The molecule has 0 saturated heterocycles. The Morgan fingerprint density at radius 1 is 0.962 bits per heavy atom. The van der Waals surface area contributed by atoms with Crippen LogP contribution >= 0.6 is 22.9 Å². The number of ketones is 1. The Kier molecular flexibility index (Phi) is 6.04. The highest BCUT2D eigenvalue weighted by Crippen LogP contribution is 2.20. The van der Waals surface area contributed by atoms with Crippen molar-refractivity contribution in [3.8, 4) is 5.75 Å². The Labute approximate surface area is 160 Å². The summed E-state index contributed by atoms with van der Waals surface area (Å²) in [5, 5.41) is 3.39. The third kappa shape index (κ3) is 4.94. The maximum atomic E-state index is 12.4. The van der Waals surface area contributed by atoms with E-state index in [2.05, 4.69) is 5.32 Å². The molecule has 3 aromatic rings. The molecule has 1 aromatic heterocycles. The molecular weight excluding hydrogens is 370 g/mol. The number of ether oxygens (including phenoxy) is 1. The largest absolute Gasteiger partial charge is 0.484 e. The van der Waals surface area contributed by atoms with Crippen molar-refractivity contribution < 1.29 is 14.3 Å². The average molecular weight is 386 g/mol. The van der Waals surface area contributed by atoms with Crippen LogP contribution in [-0.2, 0) is 11.3 Å². The van der Waals surface area contributed by atoms with E-state index in [9.17, 15) is 9.59 Å². The van der Waals surface area contributed by atoms with E-state index in [1.807, 2.05) is 24.3 Å². The van der Waals surface area contributed by atoms with Gasteiger partial charge in [-0.15, -0.1) is 11.3 Å². The van der Waals surface area contributed by atoms with Crippen LogP contribution in [0.5, 0.6) is 5.75 Å². The molecule has 0 spiro atoms. The molecule has 4 nitrogen and oxygen atoms in total. The summed E-state index contributed by atoms with van der Waals surface area (Å²) < 4.78 is 5.39. The van der Waals surface area contributed by atoms with E-state index in [0.717, 1.165) is 4.88 Å². The zero-order chi connectivity index (χ0) is 18.4. The molecule has 1 N–H and O–H groups in total. The number of halogens is 1. The lowest BCUT2D eigenvalue weighted by atomic mass is 10.1. The summed E-state index contributed by atoms with van der Waals surface area (Å²) in [7, 11) is 0. The zero-order valence-electron chi connectivity index (χ0n) is 13.8. The van der Waals surface area contributed by atoms with Gasteiger partial charge in [-0.25, -0.2) is 0 Å². The summed E-state index contributed by atoms with van der Waals surface area (Å²) in [6, 6.07) is 19.6. The van der Waals surface area contributed by atoms with E-state index in [4.69, 9.17) is 16.3 Å². The third-order valence-corrected chi connectivity index (χ3v) is 4.90. The van der Waals surface area contributed by atoms with Gasteiger partial charge < -0.3 is 10.1 Å². The van der Waals surface area contributed by atoms with Crippen LogP contribution in [0.25, 0.3) is 0 Å². The quantitative estimate of drug-likeness (QED) is 0.616. The van der Waals surface area contributed by atoms with E-state index < -0.39 is 0 Å². The second-order valence-electron chi connectivity index (χ2n) is 5.48. The van der Waals surface area contributed by atoms with E-state index in [-0.39, 0.29) is 18.3 Å². The predicted molar refractivity (Wildman–Crippen MR) is 103 cm³/mol.